The molecule has 0 fully saturated rings. The van der Waals surface area contributed by atoms with Gasteiger partial charge < -0.3 is 14.9 Å². The average Bonchev–Trinajstić information content (AvgIpc) is 3.04. The number of furan rings is 1. The van der Waals surface area contributed by atoms with Crippen LogP contribution in [0.4, 0.5) is 5.69 Å². The van der Waals surface area contributed by atoms with Gasteiger partial charge in [0.05, 0.1) is 12.8 Å². The highest BCUT2D eigenvalue weighted by Gasteiger charge is 2.31. The molecule has 0 bridgehead atoms. The molecule has 27 heavy (non-hydrogen) atoms. The highest BCUT2D eigenvalue weighted by molar-refractivity contribution is 7.80. The number of para-hydroxylation sites is 1. The standard InChI is InChI=1S/C19H22N2O5S/c1-25-19(22)16(7-4-5-11-20)21(27(23)24)13-9-10-18-15(12-13)14-6-2-3-8-17(14)26-18/h2-3,6,8-10,12,16H,4-5,7,11,20H2,1H3,(H,23,24). The minimum atomic E-state index is -2.41. The number of methoxy groups -OCH3 is 1. The Kier molecular flexibility index (Phi) is 6.10. The van der Waals surface area contributed by atoms with Crippen LogP contribution in [-0.4, -0.2) is 34.4 Å². The zero-order valence-electron chi connectivity index (χ0n) is 15.0. The third-order valence-corrected chi connectivity index (χ3v) is 5.27. The predicted octanol–water partition coefficient (Wildman–Crippen LogP) is 3.20. The van der Waals surface area contributed by atoms with Crippen molar-refractivity contribution in [3.63, 3.8) is 0 Å². The lowest BCUT2D eigenvalue weighted by Gasteiger charge is -2.28. The van der Waals surface area contributed by atoms with E-state index in [0.717, 1.165) is 16.4 Å². The highest BCUT2D eigenvalue weighted by Crippen LogP contribution is 2.33. The van der Waals surface area contributed by atoms with Gasteiger partial charge in [-0.25, -0.2) is 9.00 Å². The molecule has 2 atom stereocenters. The Labute approximate surface area is 159 Å². The SMILES string of the molecule is COC(=O)C(CCCCN)N(c1ccc2oc3ccccc3c2c1)S(=O)O. The van der Waals surface area contributed by atoms with Crippen LogP contribution in [0.1, 0.15) is 19.3 Å². The van der Waals surface area contributed by atoms with Crippen LogP contribution >= 0.6 is 0 Å². The average molecular weight is 390 g/mol. The molecule has 2 aromatic carbocycles. The van der Waals surface area contributed by atoms with Crippen molar-refractivity contribution in [1.29, 1.82) is 0 Å². The molecular formula is C19H22N2O5S. The monoisotopic (exact) mass is 390 g/mol. The molecule has 8 heteroatoms. The lowest BCUT2D eigenvalue weighted by molar-refractivity contribution is -0.142. The molecule has 144 valence electrons. The summed E-state index contributed by atoms with van der Waals surface area (Å²) in [6.07, 6.45) is 1.71. The van der Waals surface area contributed by atoms with Gasteiger partial charge in [-0.15, -0.1) is 0 Å². The molecule has 0 aliphatic heterocycles. The fraction of sp³-hybridized carbons (Fsp3) is 0.316. The number of fused-ring (bicyclic) bond motifs is 3. The number of anilines is 1. The summed E-state index contributed by atoms with van der Waals surface area (Å²) in [6, 6.07) is 11.8. The van der Waals surface area contributed by atoms with Gasteiger partial charge in [-0.05, 0) is 50.1 Å². The summed E-state index contributed by atoms with van der Waals surface area (Å²) in [7, 11) is 1.27. The van der Waals surface area contributed by atoms with Gasteiger partial charge >= 0.3 is 5.97 Å². The third kappa shape index (κ3) is 3.97. The second kappa shape index (κ2) is 8.51. The number of esters is 1. The van der Waals surface area contributed by atoms with Crippen molar-refractivity contribution in [2.45, 2.75) is 25.3 Å². The first kappa shape index (κ1) is 19.3. The zero-order valence-corrected chi connectivity index (χ0v) is 15.8. The molecule has 7 nitrogen and oxygen atoms in total. The normalized spacial score (nSPS) is 13.6. The largest absolute Gasteiger partial charge is 0.467 e. The molecule has 1 aromatic heterocycles. The number of nitrogens with zero attached hydrogens (tertiary/aromatic N) is 1. The van der Waals surface area contributed by atoms with E-state index in [1.807, 2.05) is 24.3 Å². The second-order valence-corrected chi connectivity index (χ2v) is 7.01. The molecule has 0 amide bonds. The lowest BCUT2D eigenvalue weighted by atomic mass is 10.1. The summed E-state index contributed by atoms with van der Waals surface area (Å²) >= 11 is -2.41. The van der Waals surface area contributed by atoms with Crippen molar-refractivity contribution >= 4 is 44.9 Å². The third-order valence-electron chi connectivity index (χ3n) is 4.47. The van der Waals surface area contributed by atoms with Gasteiger partial charge in [-0.1, -0.05) is 18.2 Å². The second-order valence-electron chi connectivity index (χ2n) is 6.16. The molecule has 2 unspecified atom stereocenters. The van der Waals surface area contributed by atoms with Crippen LogP contribution in [-0.2, 0) is 20.8 Å². The minimum Gasteiger partial charge on any atom is -0.467 e. The number of ether oxygens (including phenoxy) is 1. The van der Waals surface area contributed by atoms with Crippen LogP contribution in [0.3, 0.4) is 0 Å². The van der Waals surface area contributed by atoms with Crippen molar-refractivity contribution in [1.82, 2.24) is 0 Å². The van der Waals surface area contributed by atoms with E-state index in [2.05, 4.69) is 0 Å². The Bertz CT molecular complexity index is 971. The van der Waals surface area contributed by atoms with E-state index in [4.69, 9.17) is 14.9 Å². The van der Waals surface area contributed by atoms with E-state index >= 15 is 0 Å². The molecule has 0 saturated heterocycles. The Balaban J connectivity index is 2.05. The topological polar surface area (TPSA) is 106 Å². The zero-order chi connectivity index (χ0) is 19.4. The van der Waals surface area contributed by atoms with E-state index in [1.165, 1.54) is 11.4 Å². The minimum absolute atomic E-state index is 0.361. The number of carbonyl (C=O) groups excluding carboxylic acids is 1. The van der Waals surface area contributed by atoms with Gasteiger partial charge in [-0.3, -0.25) is 8.86 Å². The quantitative estimate of drug-likeness (QED) is 0.348. The van der Waals surface area contributed by atoms with E-state index < -0.39 is 23.3 Å². The number of unbranched alkanes of at least 4 members (excludes halogenated alkanes) is 1. The van der Waals surface area contributed by atoms with Gasteiger partial charge in [0.15, 0.2) is 0 Å². The maximum atomic E-state index is 12.3. The number of carbonyl (C=O) groups is 1. The summed E-state index contributed by atoms with van der Waals surface area (Å²) in [6.45, 7) is 0.489. The summed E-state index contributed by atoms with van der Waals surface area (Å²) in [4.78, 5) is 12.3. The van der Waals surface area contributed by atoms with E-state index in [0.29, 0.717) is 37.1 Å². The Morgan fingerprint density at radius 2 is 1.96 bits per heavy atom. The molecule has 3 aromatic rings. The van der Waals surface area contributed by atoms with Crippen molar-refractivity contribution in [2.75, 3.05) is 18.0 Å². The van der Waals surface area contributed by atoms with Crippen LogP contribution in [0.5, 0.6) is 0 Å². The van der Waals surface area contributed by atoms with Crippen molar-refractivity contribution in [3.8, 4) is 0 Å². The Morgan fingerprint density at radius 1 is 1.22 bits per heavy atom. The number of benzene rings is 2. The smallest absolute Gasteiger partial charge is 0.329 e. The first-order valence-corrected chi connectivity index (χ1v) is 9.72. The van der Waals surface area contributed by atoms with Gasteiger partial charge in [-0.2, -0.15) is 0 Å². The van der Waals surface area contributed by atoms with E-state index in [9.17, 15) is 13.6 Å². The molecule has 3 rings (SSSR count). The van der Waals surface area contributed by atoms with Gasteiger partial charge in [0.1, 0.15) is 17.2 Å². The summed E-state index contributed by atoms with van der Waals surface area (Å²) in [5.41, 5.74) is 7.36. The van der Waals surface area contributed by atoms with E-state index in [1.54, 1.807) is 18.2 Å². The van der Waals surface area contributed by atoms with Gasteiger partial charge in [0.2, 0.25) is 0 Å². The van der Waals surface area contributed by atoms with Crippen LogP contribution in [0.15, 0.2) is 46.9 Å². The number of hydrogen-bond donors (Lipinski definition) is 2. The van der Waals surface area contributed by atoms with Crippen LogP contribution < -0.4 is 10.0 Å². The fourth-order valence-corrected chi connectivity index (χ4v) is 3.88. The maximum Gasteiger partial charge on any atom is 0.329 e. The molecule has 0 aliphatic carbocycles. The Morgan fingerprint density at radius 3 is 2.67 bits per heavy atom. The first-order valence-electron chi connectivity index (χ1n) is 8.66. The van der Waals surface area contributed by atoms with Crippen LogP contribution in [0, 0.1) is 0 Å². The summed E-state index contributed by atoms with van der Waals surface area (Å²) < 4.78 is 33.9. The van der Waals surface area contributed by atoms with Crippen molar-refractivity contribution < 1.29 is 22.7 Å². The lowest BCUT2D eigenvalue weighted by Crippen LogP contribution is -2.43. The number of hydrogen-bond acceptors (Lipinski definition) is 5. The van der Waals surface area contributed by atoms with Gasteiger partial charge in [0.25, 0.3) is 11.3 Å². The van der Waals surface area contributed by atoms with Crippen molar-refractivity contribution in [3.05, 3.63) is 42.5 Å². The molecule has 0 saturated carbocycles. The fourth-order valence-electron chi connectivity index (χ4n) is 3.18. The molecule has 0 spiro atoms. The van der Waals surface area contributed by atoms with Crippen molar-refractivity contribution in [2.24, 2.45) is 5.73 Å². The molecule has 0 radical (unpaired) electrons. The molecule has 0 aliphatic rings. The molecule has 1 heterocycles. The Hall–Kier alpha value is -2.42. The van der Waals surface area contributed by atoms with E-state index in [-0.39, 0.29) is 0 Å². The van der Waals surface area contributed by atoms with Crippen LogP contribution in [0.25, 0.3) is 21.9 Å². The summed E-state index contributed by atoms with van der Waals surface area (Å²) in [5.74, 6) is -0.563. The van der Waals surface area contributed by atoms with Crippen LogP contribution in [0.2, 0.25) is 0 Å². The predicted molar refractivity (Wildman–Crippen MR) is 106 cm³/mol. The number of rotatable bonds is 8. The number of nitrogens with two attached hydrogens (primary N) is 1. The van der Waals surface area contributed by atoms with Gasteiger partial charge in [0, 0.05) is 10.8 Å². The molecule has 3 N–H and O–H groups in total. The highest BCUT2D eigenvalue weighted by atomic mass is 32.2. The maximum absolute atomic E-state index is 12.3. The molecular weight excluding hydrogens is 368 g/mol. The summed E-state index contributed by atoms with van der Waals surface area (Å²) in [5, 5.41) is 1.71. The first-order chi connectivity index (χ1) is 13.1.